The van der Waals surface area contributed by atoms with E-state index in [4.69, 9.17) is 0 Å². The monoisotopic (exact) mass is 251 g/mol. The van der Waals surface area contributed by atoms with Crippen LogP contribution in [-0.4, -0.2) is 22.9 Å². The van der Waals surface area contributed by atoms with Crippen LogP contribution in [0.4, 0.5) is 0 Å². The number of nitrogens with one attached hydrogen (secondary N) is 1. The zero-order chi connectivity index (χ0) is 8.93. The fourth-order valence-electron chi connectivity index (χ4n) is 1.92. The number of hydrogen-bond acceptors (Lipinski definition) is 2. The largest absolute Gasteiger partial charge is 0.317 e. The maximum Gasteiger partial charge on any atom is 0.0489 e. The van der Waals surface area contributed by atoms with Gasteiger partial charge in [-0.15, -0.1) is 24.8 Å². The number of aryl methyl sites for hydroxylation is 1. The molecule has 0 amide bonds. The maximum atomic E-state index is 4.20. The van der Waals surface area contributed by atoms with Crippen LogP contribution in [0.25, 0.3) is 0 Å². The molecule has 0 bridgehead atoms. The lowest BCUT2D eigenvalue weighted by atomic mass is 9.95. The van der Waals surface area contributed by atoms with Gasteiger partial charge in [-0.25, -0.2) is 0 Å². The van der Waals surface area contributed by atoms with Crippen LogP contribution in [0.3, 0.4) is 0 Å². The molecule has 3 nitrogen and oxygen atoms in total. The summed E-state index contributed by atoms with van der Waals surface area (Å²) in [5.41, 5.74) is 0. The molecule has 0 radical (unpaired) electrons. The molecule has 1 N–H and O–H groups in total. The number of aromatic nitrogens is 2. The Morgan fingerprint density at radius 2 is 2.00 bits per heavy atom. The summed E-state index contributed by atoms with van der Waals surface area (Å²) in [6.07, 6.45) is 7.84. The van der Waals surface area contributed by atoms with E-state index in [1.807, 2.05) is 23.1 Å². The van der Waals surface area contributed by atoms with Gasteiger partial charge in [-0.1, -0.05) is 0 Å². The standard InChI is InChI=1S/C10H17N3.2ClH/c1-5-12-13(8-1)9-4-10-2-6-11-7-3-10;;/h1,5,8,10-11H,2-4,6-7,9H2;2*1H. The molecule has 1 aliphatic rings. The predicted molar refractivity (Wildman–Crippen MR) is 66.9 cm³/mol. The van der Waals surface area contributed by atoms with Gasteiger partial charge in [-0.3, -0.25) is 4.68 Å². The fraction of sp³-hybridized carbons (Fsp3) is 0.700. The maximum absolute atomic E-state index is 4.20. The van der Waals surface area contributed by atoms with Crippen molar-refractivity contribution in [2.24, 2.45) is 5.92 Å². The lowest BCUT2D eigenvalue weighted by molar-refractivity contribution is 0.332. The third-order valence-corrected chi connectivity index (χ3v) is 2.78. The van der Waals surface area contributed by atoms with E-state index in [9.17, 15) is 0 Å². The Labute approximate surface area is 103 Å². The Kier molecular flexibility index (Phi) is 7.83. The quantitative estimate of drug-likeness (QED) is 0.893. The summed E-state index contributed by atoms with van der Waals surface area (Å²) in [4.78, 5) is 0. The Bertz CT molecular complexity index is 233. The van der Waals surface area contributed by atoms with Crippen LogP contribution in [0.15, 0.2) is 18.5 Å². The SMILES string of the molecule is Cl.Cl.c1cnn(CCC2CCNCC2)c1. The number of rotatable bonds is 3. The van der Waals surface area contributed by atoms with Crippen molar-refractivity contribution in [3.63, 3.8) is 0 Å². The van der Waals surface area contributed by atoms with Crippen LogP contribution in [0, 0.1) is 5.92 Å². The van der Waals surface area contributed by atoms with Crippen molar-refractivity contribution in [2.45, 2.75) is 25.8 Å². The van der Waals surface area contributed by atoms with Crippen LogP contribution in [-0.2, 0) is 6.54 Å². The van der Waals surface area contributed by atoms with E-state index in [1.54, 1.807) is 0 Å². The molecule has 88 valence electrons. The molecule has 0 unspecified atom stereocenters. The minimum atomic E-state index is 0. The molecule has 1 saturated heterocycles. The van der Waals surface area contributed by atoms with Gasteiger partial charge in [0.2, 0.25) is 0 Å². The second kappa shape index (κ2) is 7.97. The number of hydrogen-bond donors (Lipinski definition) is 1. The molecule has 1 aromatic rings. The van der Waals surface area contributed by atoms with E-state index < -0.39 is 0 Å². The highest BCUT2D eigenvalue weighted by Gasteiger charge is 2.12. The van der Waals surface area contributed by atoms with Crippen molar-refractivity contribution in [2.75, 3.05) is 13.1 Å². The third-order valence-electron chi connectivity index (χ3n) is 2.78. The van der Waals surface area contributed by atoms with E-state index in [2.05, 4.69) is 10.4 Å². The first-order valence-corrected chi connectivity index (χ1v) is 5.13. The van der Waals surface area contributed by atoms with Crippen LogP contribution in [0.1, 0.15) is 19.3 Å². The molecule has 0 aliphatic carbocycles. The van der Waals surface area contributed by atoms with Gasteiger partial charge in [0.05, 0.1) is 0 Å². The number of halogens is 2. The van der Waals surface area contributed by atoms with E-state index >= 15 is 0 Å². The predicted octanol–water partition coefficient (Wildman–Crippen LogP) is 2.12. The van der Waals surface area contributed by atoms with Crippen LogP contribution in [0.5, 0.6) is 0 Å². The van der Waals surface area contributed by atoms with Crippen molar-refractivity contribution >= 4 is 24.8 Å². The van der Waals surface area contributed by atoms with Crippen LogP contribution in [0.2, 0.25) is 0 Å². The summed E-state index contributed by atoms with van der Waals surface area (Å²) in [6, 6.07) is 1.99. The van der Waals surface area contributed by atoms with Crippen molar-refractivity contribution in [3.05, 3.63) is 18.5 Å². The van der Waals surface area contributed by atoms with Crippen molar-refractivity contribution in [3.8, 4) is 0 Å². The van der Waals surface area contributed by atoms with Gasteiger partial charge >= 0.3 is 0 Å². The van der Waals surface area contributed by atoms with Gasteiger partial charge in [-0.05, 0) is 44.3 Å². The summed E-state index contributed by atoms with van der Waals surface area (Å²) in [5.74, 6) is 0.908. The van der Waals surface area contributed by atoms with Crippen molar-refractivity contribution in [1.29, 1.82) is 0 Å². The second-order valence-electron chi connectivity index (χ2n) is 3.75. The van der Waals surface area contributed by atoms with E-state index in [0.29, 0.717) is 0 Å². The zero-order valence-electron chi connectivity index (χ0n) is 8.76. The Balaban J connectivity index is 0.000000980. The van der Waals surface area contributed by atoms with Gasteiger partial charge in [0, 0.05) is 18.9 Å². The highest BCUT2D eigenvalue weighted by atomic mass is 35.5. The second-order valence-corrected chi connectivity index (χ2v) is 3.75. The fourth-order valence-corrected chi connectivity index (χ4v) is 1.92. The molecule has 1 fully saturated rings. The minimum absolute atomic E-state index is 0. The summed E-state index contributed by atoms with van der Waals surface area (Å²) >= 11 is 0. The van der Waals surface area contributed by atoms with E-state index in [0.717, 1.165) is 12.5 Å². The minimum Gasteiger partial charge on any atom is -0.317 e. The highest BCUT2D eigenvalue weighted by Crippen LogP contribution is 2.16. The van der Waals surface area contributed by atoms with Crippen molar-refractivity contribution in [1.82, 2.24) is 15.1 Å². The zero-order valence-corrected chi connectivity index (χ0v) is 10.4. The molecule has 5 heteroatoms. The average Bonchev–Trinajstić information content (AvgIpc) is 2.69. The molecule has 0 aromatic carbocycles. The molecule has 0 saturated carbocycles. The molecule has 0 spiro atoms. The lowest BCUT2D eigenvalue weighted by Gasteiger charge is -2.22. The van der Waals surface area contributed by atoms with Gasteiger partial charge in [0.25, 0.3) is 0 Å². The number of piperidine rings is 1. The summed E-state index contributed by atoms with van der Waals surface area (Å²) in [6.45, 7) is 3.48. The molecule has 2 rings (SSSR count). The Hall–Kier alpha value is -0.250. The number of nitrogens with zero attached hydrogens (tertiary/aromatic N) is 2. The Morgan fingerprint density at radius 3 is 2.60 bits per heavy atom. The topological polar surface area (TPSA) is 29.9 Å². The van der Waals surface area contributed by atoms with E-state index in [-0.39, 0.29) is 24.8 Å². The van der Waals surface area contributed by atoms with E-state index in [1.165, 1.54) is 32.4 Å². The smallest absolute Gasteiger partial charge is 0.0489 e. The molecule has 0 atom stereocenters. The first-order valence-electron chi connectivity index (χ1n) is 5.13. The first-order chi connectivity index (χ1) is 6.45. The van der Waals surface area contributed by atoms with Gasteiger partial charge in [0.1, 0.15) is 0 Å². The summed E-state index contributed by atoms with van der Waals surface area (Å²) < 4.78 is 2.03. The molecule has 15 heavy (non-hydrogen) atoms. The molecule has 1 aliphatic heterocycles. The van der Waals surface area contributed by atoms with Crippen LogP contribution < -0.4 is 5.32 Å². The third kappa shape index (κ3) is 4.87. The summed E-state index contributed by atoms with van der Waals surface area (Å²) in [7, 11) is 0. The first kappa shape index (κ1) is 14.8. The van der Waals surface area contributed by atoms with Gasteiger partial charge in [0.15, 0.2) is 0 Å². The lowest BCUT2D eigenvalue weighted by Crippen LogP contribution is -2.28. The Morgan fingerprint density at radius 1 is 1.27 bits per heavy atom. The average molecular weight is 252 g/mol. The molecular weight excluding hydrogens is 233 g/mol. The molecular formula is C10H19Cl2N3. The van der Waals surface area contributed by atoms with Gasteiger partial charge < -0.3 is 5.32 Å². The van der Waals surface area contributed by atoms with Crippen LogP contribution >= 0.6 is 24.8 Å². The molecule has 2 heterocycles. The summed E-state index contributed by atoms with van der Waals surface area (Å²) in [5, 5.41) is 7.59. The normalized spacial score (nSPS) is 16.5. The molecule has 1 aromatic heterocycles. The highest BCUT2D eigenvalue weighted by molar-refractivity contribution is 5.85. The van der Waals surface area contributed by atoms with Gasteiger partial charge in [-0.2, -0.15) is 5.10 Å². The van der Waals surface area contributed by atoms with Crippen molar-refractivity contribution < 1.29 is 0 Å².